The average molecular weight is 1180 g/mol. The van der Waals surface area contributed by atoms with Gasteiger partial charge in [0.25, 0.3) is 0 Å². The normalized spacial score (nSPS) is 40.5. The molecule has 4 saturated carbocycles. The summed E-state index contributed by atoms with van der Waals surface area (Å²) in [6, 6.07) is 34.5. The van der Waals surface area contributed by atoms with Crippen LogP contribution in [-0.4, -0.2) is 110 Å². The lowest BCUT2D eigenvalue weighted by molar-refractivity contribution is -0.400. The number of aliphatic hydroxyl groups excluding tert-OH is 1. The van der Waals surface area contributed by atoms with Gasteiger partial charge in [-0.2, -0.15) is 0 Å². The van der Waals surface area contributed by atoms with Gasteiger partial charge in [-0.15, -0.1) is 0 Å². The molecule has 7 fully saturated rings. The third-order valence-electron chi connectivity index (χ3n) is 23.0. The van der Waals surface area contributed by atoms with Gasteiger partial charge in [0, 0.05) is 5.56 Å². The molecule has 1 N–H and O–H groups in total. The molecule has 3 saturated heterocycles. The van der Waals surface area contributed by atoms with E-state index >= 15 is 0 Å². The Labute approximate surface area is 506 Å². The number of aliphatic hydroxyl groups is 1. The number of hydrogen-bond acceptors (Lipinski definition) is 15. The van der Waals surface area contributed by atoms with Crippen molar-refractivity contribution in [3.63, 3.8) is 0 Å². The summed E-state index contributed by atoms with van der Waals surface area (Å²) in [4.78, 5) is 56.8. The molecule has 0 amide bonds. The van der Waals surface area contributed by atoms with Crippen molar-refractivity contribution in [3.05, 3.63) is 155 Å². The lowest BCUT2D eigenvalue weighted by atomic mass is 9.33. The van der Waals surface area contributed by atoms with Crippen molar-refractivity contribution in [1.82, 2.24) is 0 Å². The molecular formula is C71H86O15. The van der Waals surface area contributed by atoms with Gasteiger partial charge in [0.05, 0.1) is 48.0 Å². The van der Waals surface area contributed by atoms with Crippen molar-refractivity contribution >= 4 is 23.9 Å². The molecule has 21 atom stereocenters. The van der Waals surface area contributed by atoms with Gasteiger partial charge >= 0.3 is 23.9 Å². The Balaban J connectivity index is 0.875. The standard InChI is InChI=1S/C71H86O15/c1-41-32-37-71(66(76)77-9)39-38-69(7)48(53(71)42(41)2)30-31-51-68(6)35-34-52(67(4,5)50(68)33-36-70(51,69)8)81-64-57(54(72)56-49(80-64)40-78-63(85-56)47-28-20-13-21-29-47)86-65-59(84-62(75)46-26-18-12-19-27-46)58(83-61(74)45-24-16-11-17-25-45)55(43(3)79-65)82-60(73)44-22-14-10-15-23-44/h10-30,41-43,49-59,63-65,72H,31-40H2,1-9H3/t41-,42+,43+,49-,50+,51-,52+,53+,54+,55+,56-,57-,58-,59-,63?,64+,65+,68+,69-,70-,71+/m1/s1. The first-order chi connectivity index (χ1) is 41.2. The van der Waals surface area contributed by atoms with E-state index in [4.69, 9.17) is 47.4 Å². The fourth-order valence-electron chi connectivity index (χ4n) is 18.0. The largest absolute Gasteiger partial charge is 0.469 e. The second-order valence-electron chi connectivity index (χ2n) is 27.5. The van der Waals surface area contributed by atoms with E-state index in [-0.39, 0.29) is 57.3 Å². The predicted molar refractivity (Wildman–Crippen MR) is 317 cm³/mol. The molecule has 0 bridgehead atoms. The van der Waals surface area contributed by atoms with Gasteiger partial charge in [0.2, 0.25) is 0 Å². The lowest BCUT2D eigenvalue weighted by Crippen LogP contribution is -2.68. The van der Waals surface area contributed by atoms with Crippen LogP contribution in [0.25, 0.3) is 0 Å². The molecule has 86 heavy (non-hydrogen) atoms. The fraction of sp³-hybridized carbons (Fsp3) is 0.577. The molecular weight excluding hydrogens is 1090 g/mol. The lowest BCUT2D eigenvalue weighted by Gasteiger charge is -2.71. The van der Waals surface area contributed by atoms with Crippen LogP contribution in [-0.2, 0) is 52.2 Å². The zero-order valence-electron chi connectivity index (χ0n) is 51.2. The van der Waals surface area contributed by atoms with E-state index in [1.807, 2.05) is 30.3 Å². The van der Waals surface area contributed by atoms with Crippen LogP contribution in [0.5, 0.6) is 0 Å². The van der Waals surface area contributed by atoms with Crippen LogP contribution < -0.4 is 0 Å². The zero-order valence-corrected chi connectivity index (χ0v) is 51.2. The Morgan fingerprint density at radius 1 is 0.581 bits per heavy atom. The Kier molecular flexibility index (Phi) is 16.6. The molecule has 8 aliphatic rings. The highest BCUT2D eigenvalue weighted by molar-refractivity contribution is 5.91. The third-order valence-corrected chi connectivity index (χ3v) is 23.0. The molecule has 1 unspecified atom stereocenters. The molecule has 0 aromatic heterocycles. The Morgan fingerprint density at radius 2 is 1.15 bits per heavy atom. The number of methoxy groups -OCH3 is 1. The van der Waals surface area contributed by atoms with Crippen molar-refractivity contribution in [1.29, 1.82) is 0 Å². The summed E-state index contributed by atoms with van der Waals surface area (Å²) in [5, 5.41) is 13.0. The molecule has 5 aliphatic carbocycles. The number of carbonyl (C=O) groups is 4. The maximum Gasteiger partial charge on any atom is 0.338 e. The maximum absolute atomic E-state index is 14.4. The molecule has 15 nitrogen and oxygen atoms in total. The topological polar surface area (TPSA) is 181 Å². The van der Waals surface area contributed by atoms with E-state index in [2.05, 4.69) is 54.5 Å². The van der Waals surface area contributed by atoms with Crippen molar-refractivity contribution in [3.8, 4) is 0 Å². The first kappa shape index (κ1) is 60.5. The minimum absolute atomic E-state index is 0.0261. The summed E-state index contributed by atoms with van der Waals surface area (Å²) in [7, 11) is 1.56. The Morgan fingerprint density at radius 3 is 1.76 bits per heavy atom. The number of allylic oxidation sites excluding steroid dienone is 2. The molecule has 0 spiro atoms. The highest BCUT2D eigenvalue weighted by Crippen LogP contribution is 2.76. The number of rotatable bonds is 12. The zero-order chi connectivity index (χ0) is 60.5. The number of benzene rings is 4. The van der Waals surface area contributed by atoms with Crippen LogP contribution in [0, 0.1) is 56.7 Å². The van der Waals surface area contributed by atoms with E-state index < -0.39 is 103 Å². The van der Waals surface area contributed by atoms with Crippen LogP contribution in [0.4, 0.5) is 0 Å². The smallest absolute Gasteiger partial charge is 0.338 e. The number of ether oxygens (including phenoxy) is 10. The summed E-state index contributed by atoms with van der Waals surface area (Å²) in [5.41, 5.74) is 1.73. The molecule has 0 radical (unpaired) electrons. The van der Waals surface area contributed by atoms with Crippen molar-refractivity contribution in [2.45, 2.75) is 187 Å². The summed E-state index contributed by atoms with van der Waals surface area (Å²) >= 11 is 0. The molecule has 4 aromatic carbocycles. The second kappa shape index (κ2) is 23.6. The van der Waals surface area contributed by atoms with Gasteiger partial charge < -0.3 is 52.5 Å². The van der Waals surface area contributed by atoms with E-state index in [0.717, 1.165) is 56.9 Å². The molecule has 3 aliphatic heterocycles. The predicted octanol–water partition coefficient (Wildman–Crippen LogP) is 12.2. The van der Waals surface area contributed by atoms with Crippen molar-refractivity contribution in [2.24, 2.45) is 56.7 Å². The third kappa shape index (κ3) is 10.4. The molecule has 15 heteroatoms. The molecule has 12 rings (SSSR count). The van der Waals surface area contributed by atoms with E-state index in [0.29, 0.717) is 24.2 Å². The summed E-state index contributed by atoms with van der Waals surface area (Å²) < 4.78 is 65.8. The fourth-order valence-corrected chi connectivity index (χ4v) is 18.0. The monoisotopic (exact) mass is 1180 g/mol. The Bertz CT molecular complexity index is 3120. The first-order valence-electron chi connectivity index (χ1n) is 31.4. The number of fused-ring (bicyclic) bond motifs is 8. The maximum atomic E-state index is 14.4. The van der Waals surface area contributed by atoms with Gasteiger partial charge in [0.1, 0.15) is 24.4 Å². The second-order valence-corrected chi connectivity index (χ2v) is 27.5. The minimum Gasteiger partial charge on any atom is -0.469 e. The quantitative estimate of drug-likeness (QED) is 0.0612. The van der Waals surface area contributed by atoms with Gasteiger partial charge in [-0.1, -0.05) is 145 Å². The van der Waals surface area contributed by atoms with Crippen LogP contribution in [0.15, 0.2) is 133 Å². The molecule has 4 aromatic rings. The van der Waals surface area contributed by atoms with Gasteiger partial charge in [-0.25, -0.2) is 14.4 Å². The van der Waals surface area contributed by atoms with E-state index in [1.165, 1.54) is 5.57 Å². The van der Waals surface area contributed by atoms with Gasteiger partial charge in [-0.05, 0) is 152 Å². The summed E-state index contributed by atoms with van der Waals surface area (Å²) in [5.74, 6) is -0.739. The summed E-state index contributed by atoms with van der Waals surface area (Å²) in [6.07, 6.45) is -3.46. The van der Waals surface area contributed by atoms with Crippen LogP contribution >= 0.6 is 0 Å². The van der Waals surface area contributed by atoms with E-state index in [9.17, 15) is 24.3 Å². The highest BCUT2D eigenvalue weighted by atomic mass is 16.8. The minimum atomic E-state index is -1.61. The van der Waals surface area contributed by atoms with Crippen molar-refractivity contribution < 1.29 is 71.7 Å². The van der Waals surface area contributed by atoms with Gasteiger partial charge in [0.15, 0.2) is 37.2 Å². The summed E-state index contributed by atoms with van der Waals surface area (Å²) in [6.45, 7) is 18.7. The number of esters is 4. The van der Waals surface area contributed by atoms with E-state index in [1.54, 1.807) is 105 Å². The molecule has 460 valence electrons. The highest BCUT2D eigenvalue weighted by Gasteiger charge is 2.70. The average Bonchev–Trinajstić information content (AvgIpc) is 0.772. The van der Waals surface area contributed by atoms with Crippen molar-refractivity contribution in [2.75, 3.05) is 13.7 Å². The Hall–Kier alpha value is -5.78. The van der Waals surface area contributed by atoms with Crippen LogP contribution in [0.1, 0.15) is 156 Å². The SMILES string of the molecule is COC(=O)[C@]12CC[C@@H](C)[C@H](C)[C@H]1C1=CC[C@@H]3[C@@]4(C)CC[C@H](O[C@@H]5O[C@@H]6COC(c7ccccc7)O[C@H]6[C@H](O)[C@H]5O[C@@H]5O[C@@H](C)[C@H](OC(=O)c6ccccc6)[C@@H](OC(=O)c6ccccc6)[C@H]5OC(=O)c5ccccc5)C(C)(C)[C@@H]4CC[C@@]3(C)[C@]1(C)CC2. The number of hydrogen-bond donors (Lipinski definition) is 1. The first-order valence-corrected chi connectivity index (χ1v) is 31.4. The molecule has 3 heterocycles. The number of carbonyl (C=O) groups excluding carboxylic acids is 4. The van der Waals surface area contributed by atoms with Crippen LogP contribution in [0.3, 0.4) is 0 Å². The van der Waals surface area contributed by atoms with Crippen LogP contribution in [0.2, 0.25) is 0 Å². The van der Waals surface area contributed by atoms with Gasteiger partial charge in [-0.3, -0.25) is 4.79 Å².